The summed E-state index contributed by atoms with van der Waals surface area (Å²) in [6.45, 7) is 8.30. The Labute approximate surface area is 110 Å². The maximum atomic E-state index is 11.8. The molecule has 1 aromatic rings. The summed E-state index contributed by atoms with van der Waals surface area (Å²) < 4.78 is 5.64. The number of carbonyl (C=O) groups excluding carboxylic acids is 1. The number of nitrogens with zero attached hydrogens (tertiary/aromatic N) is 1. The van der Waals surface area contributed by atoms with Crippen LogP contribution in [0.2, 0.25) is 0 Å². The van der Waals surface area contributed by atoms with Crippen molar-refractivity contribution in [3.05, 3.63) is 29.8 Å². The standard InChI is InChI=1S/C15H23NO2/c1-11(2)13-8-6-7-9-14(13)18-10-15(17)16(5)12(3)4/h6-9,11-12H,10H2,1-5H3. The lowest BCUT2D eigenvalue weighted by Gasteiger charge is -2.22. The van der Waals surface area contributed by atoms with Crippen LogP contribution >= 0.6 is 0 Å². The summed E-state index contributed by atoms with van der Waals surface area (Å²) in [6, 6.07) is 8.07. The van der Waals surface area contributed by atoms with Crippen LogP contribution in [-0.2, 0) is 4.79 Å². The van der Waals surface area contributed by atoms with Gasteiger partial charge in [-0.1, -0.05) is 32.0 Å². The molecule has 0 spiro atoms. The molecular formula is C15H23NO2. The third-order valence-electron chi connectivity index (χ3n) is 3.06. The van der Waals surface area contributed by atoms with E-state index in [1.54, 1.807) is 11.9 Å². The van der Waals surface area contributed by atoms with Crippen molar-refractivity contribution in [3.8, 4) is 5.75 Å². The van der Waals surface area contributed by atoms with Gasteiger partial charge in [0.25, 0.3) is 5.91 Å². The van der Waals surface area contributed by atoms with Crippen molar-refractivity contribution in [2.75, 3.05) is 13.7 Å². The van der Waals surface area contributed by atoms with E-state index in [9.17, 15) is 4.79 Å². The molecule has 1 aromatic carbocycles. The minimum Gasteiger partial charge on any atom is -0.483 e. The molecular weight excluding hydrogens is 226 g/mol. The Hall–Kier alpha value is -1.51. The fraction of sp³-hybridized carbons (Fsp3) is 0.533. The van der Waals surface area contributed by atoms with Crippen molar-refractivity contribution in [3.63, 3.8) is 0 Å². The summed E-state index contributed by atoms with van der Waals surface area (Å²) in [7, 11) is 1.80. The SMILES string of the molecule is CC(C)c1ccccc1OCC(=O)N(C)C(C)C. The minimum absolute atomic E-state index is 0.00330. The Balaban J connectivity index is 2.67. The number of para-hydroxylation sites is 1. The smallest absolute Gasteiger partial charge is 0.260 e. The number of benzene rings is 1. The van der Waals surface area contributed by atoms with Gasteiger partial charge in [0.2, 0.25) is 0 Å². The highest BCUT2D eigenvalue weighted by atomic mass is 16.5. The van der Waals surface area contributed by atoms with Crippen LogP contribution in [0.15, 0.2) is 24.3 Å². The zero-order valence-electron chi connectivity index (χ0n) is 11.9. The first-order chi connectivity index (χ1) is 8.43. The Bertz CT molecular complexity index is 399. The minimum atomic E-state index is 0.00330. The maximum Gasteiger partial charge on any atom is 0.260 e. The molecule has 0 saturated carbocycles. The van der Waals surface area contributed by atoms with E-state index in [4.69, 9.17) is 4.74 Å². The van der Waals surface area contributed by atoms with Crippen molar-refractivity contribution in [1.29, 1.82) is 0 Å². The topological polar surface area (TPSA) is 29.5 Å². The first kappa shape index (κ1) is 14.6. The molecule has 3 heteroatoms. The van der Waals surface area contributed by atoms with Gasteiger partial charge in [0.1, 0.15) is 5.75 Å². The molecule has 0 fully saturated rings. The molecule has 0 aliphatic heterocycles. The lowest BCUT2D eigenvalue weighted by Crippen LogP contribution is -2.36. The lowest BCUT2D eigenvalue weighted by molar-refractivity contribution is -0.133. The number of ether oxygens (including phenoxy) is 1. The third kappa shape index (κ3) is 3.76. The molecule has 18 heavy (non-hydrogen) atoms. The molecule has 0 N–H and O–H groups in total. The van der Waals surface area contributed by atoms with Crippen LogP contribution in [0.1, 0.15) is 39.2 Å². The Morgan fingerprint density at radius 2 is 1.83 bits per heavy atom. The molecule has 1 amide bonds. The van der Waals surface area contributed by atoms with E-state index in [-0.39, 0.29) is 18.6 Å². The van der Waals surface area contributed by atoms with Crippen LogP contribution in [0.5, 0.6) is 5.75 Å². The summed E-state index contributed by atoms with van der Waals surface area (Å²) in [4.78, 5) is 13.5. The van der Waals surface area contributed by atoms with Crippen LogP contribution in [-0.4, -0.2) is 30.5 Å². The molecule has 100 valence electrons. The van der Waals surface area contributed by atoms with E-state index < -0.39 is 0 Å². The largest absolute Gasteiger partial charge is 0.483 e. The van der Waals surface area contributed by atoms with Crippen molar-refractivity contribution >= 4 is 5.91 Å². The Morgan fingerprint density at radius 1 is 1.22 bits per heavy atom. The number of hydrogen-bond donors (Lipinski definition) is 0. The second-order valence-corrected chi connectivity index (χ2v) is 5.08. The van der Waals surface area contributed by atoms with Gasteiger partial charge >= 0.3 is 0 Å². The van der Waals surface area contributed by atoms with Gasteiger partial charge in [0, 0.05) is 13.1 Å². The number of likely N-dealkylation sites (N-methyl/N-ethyl adjacent to an activating group) is 1. The highest BCUT2D eigenvalue weighted by Gasteiger charge is 2.14. The van der Waals surface area contributed by atoms with Crippen LogP contribution in [0.3, 0.4) is 0 Å². The molecule has 3 nitrogen and oxygen atoms in total. The van der Waals surface area contributed by atoms with Gasteiger partial charge in [-0.3, -0.25) is 4.79 Å². The summed E-state index contributed by atoms with van der Waals surface area (Å²) in [5.41, 5.74) is 1.14. The Kier molecular flexibility index (Phi) is 5.20. The highest BCUT2D eigenvalue weighted by molar-refractivity contribution is 5.77. The first-order valence-corrected chi connectivity index (χ1v) is 6.40. The predicted molar refractivity (Wildman–Crippen MR) is 73.9 cm³/mol. The van der Waals surface area contributed by atoms with Crippen molar-refractivity contribution in [2.24, 2.45) is 0 Å². The zero-order valence-corrected chi connectivity index (χ0v) is 11.9. The molecule has 0 saturated heterocycles. The fourth-order valence-corrected chi connectivity index (χ4v) is 1.62. The van der Waals surface area contributed by atoms with Gasteiger partial charge in [-0.05, 0) is 31.4 Å². The van der Waals surface area contributed by atoms with Gasteiger partial charge in [0.15, 0.2) is 6.61 Å². The molecule has 0 aliphatic rings. The van der Waals surface area contributed by atoms with Gasteiger partial charge < -0.3 is 9.64 Å². The molecule has 1 rings (SSSR count). The van der Waals surface area contributed by atoms with Gasteiger partial charge in [-0.15, -0.1) is 0 Å². The molecule has 0 aliphatic carbocycles. The Morgan fingerprint density at radius 3 is 2.39 bits per heavy atom. The van der Waals surface area contributed by atoms with Crippen LogP contribution in [0.25, 0.3) is 0 Å². The normalized spacial score (nSPS) is 10.8. The van der Waals surface area contributed by atoms with Gasteiger partial charge in [-0.2, -0.15) is 0 Å². The molecule has 0 unspecified atom stereocenters. The van der Waals surface area contributed by atoms with E-state index in [0.717, 1.165) is 11.3 Å². The quantitative estimate of drug-likeness (QED) is 0.802. The average molecular weight is 249 g/mol. The third-order valence-corrected chi connectivity index (χ3v) is 3.06. The van der Waals surface area contributed by atoms with Crippen molar-refractivity contribution in [2.45, 2.75) is 39.7 Å². The van der Waals surface area contributed by atoms with E-state index in [1.165, 1.54) is 0 Å². The van der Waals surface area contributed by atoms with E-state index in [0.29, 0.717) is 5.92 Å². The summed E-state index contributed by atoms with van der Waals surface area (Å²) in [5.74, 6) is 1.20. The van der Waals surface area contributed by atoms with Crippen molar-refractivity contribution < 1.29 is 9.53 Å². The average Bonchev–Trinajstić information content (AvgIpc) is 2.35. The highest BCUT2D eigenvalue weighted by Crippen LogP contribution is 2.25. The molecule has 0 atom stereocenters. The lowest BCUT2D eigenvalue weighted by atomic mass is 10.0. The molecule has 0 heterocycles. The van der Waals surface area contributed by atoms with Gasteiger partial charge in [0.05, 0.1) is 0 Å². The maximum absolute atomic E-state index is 11.8. The van der Waals surface area contributed by atoms with Crippen LogP contribution in [0, 0.1) is 0 Å². The number of amides is 1. The number of rotatable bonds is 5. The van der Waals surface area contributed by atoms with Gasteiger partial charge in [-0.25, -0.2) is 0 Å². The summed E-state index contributed by atoms with van der Waals surface area (Å²) in [6.07, 6.45) is 0. The first-order valence-electron chi connectivity index (χ1n) is 6.40. The van der Waals surface area contributed by atoms with Crippen LogP contribution in [0.4, 0.5) is 0 Å². The predicted octanol–water partition coefficient (Wildman–Crippen LogP) is 3.06. The van der Waals surface area contributed by atoms with E-state index >= 15 is 0 Å². The van der Waals surface area contributed by atoms with E-state index in [2.05, 4.69) is 13.8 Å². The van der Waals surface area contributed by atoms with Crippen LogP contribution < -0.4 is 4.74 Å². The second-order valence-electron chi connectivity index (χ2n) is 5.08. The fourth-order valence-electron chi connectivity index (χ4n) is 1.62. The van der Waals surface area contributed by atoms with E-state index in [1.807, 2.05) is 38.1 Å². The summed E-state index contributed by atoms with van der Waals surface area (Å²) in [5, 5.41) is 0. The number of hydrogen-bond acceptors (Lipinski definition) is 2. The number of carbonyl (C=O) groups is 1. The molecule has 0 radical (unpaired) electrons. The molecule has 0 bridgehead atoms. The monoisotopic (exact) mass is 249 g/mol. The zero-order chi connectivity index (χ0) is 13.7. The van der Waals surface area contributed by atoms with Crippen molar-refractivity contribution in [1.82, 2.24) is 4.90 Å². The second kappa shape index (κ2) is 6.43. The summed E-state index contributed by atoms with van der Waals surface area (Å²) >= 11 is 0. The molecule has 0 aromatic heterocycles.